The second-order valence-corrected chi connectivity index (χ2v) is 8.22. The third kappa shape index (κ3) is 8.09. The smallest absolute Gasteiger partial charge is 0.0655 e. The molecule has 1 saturated carbocycles. The molecule has 0 unspecified atom stereocenters. The van der Waals surface area contributed by atoms with Crippen LogP contribution in [0.15, 0.2) is 0 Å². The highest BCUT2D eigenvalue weighted by molar-refractivity contribution is 4.90. The molecule has 0 N–H and O–H groups in total. The number of nitrogens with zero attached hydrogens (tertiary/aromatic N) is 2. The van der Waals surface area contributed by atoms with Crippen LogP contribution < -0.4 is 0 Å². The molecule has 2 aliphatic rings. The number of rotatable bonds is 11. The molecule has 0 bridgehead atoms. The quantitative estimate of drug-likeness (QED) is 0.450. The highest BCUT2D eigenvalue weighted by Gasteiger charge is 2.29. The van der Waals surface area contributed by atoms with Gasteiger partial charge in [0.1, 0.15) is 0 Å². The monoisotopic (exact) mass is 348 g/mol. The van der Waals surface area contributed by atoms with Gasteiger partial charge < -0.3 is 9.64 Å². The molecule has 0 aromatic carbocycles. The fourth-order valence-corrected chi connectivity index (χ4v) is 4.46. The molecule has 0 aromatic rings. The van der Waals surface area contributed by atoms with E-state index in [1.807, 2.05) is 0 Å². The molecule has 0 spiro atoms. The molecule has 1 heterocycles. The summed E-state index contributed by atoms with van der Waals surface area (Å²) < 4.78 is 6.13. The summed E-state index contributed by atoms with van der Waals surface area (Å²) in [7, 11) is 0. The zero-order valence-corrected chi connectivity index (χ0v) is 16.6. The summed E-state index contributed by atoms with van der Waals surface area (Å²) in [6.45, 7) is 5.64. The Bertz CT molecular complexity index is 363. The van der Waals surface area contributed by atoms with Crippen molar-refractivity contribution in [3.8, 4) is 6.07 Å². The van der Waals surface area contributed by atoms with Gasteiger partial charge in [-0.2, -0.15) is 5.26 Å². The number of hydrogen-bond donors (Lipinski definition) is 0. The van der Waals surface area contributed by atoms with Crippen LogP contribution in [0.25, 0.3) is 0 Å². The summed E-state index contributed by atoms with van der Waals surface area (Å²) in [6.07, 6.45) is 18.5. The van der Waals surface area contributed by atoms with Crippen LogP contribution in [-0.4, -0.2) is 36.7 Å². The Morgan fingerprint density at radius 2 is 1.44 bits per heavy atom. The summed E-state index contributed by atoms with van der Waals surface area (Å²) in [4.78, 5) is 2.67. The maximum absolute atomic E-state index is 9.03. The van der Waals surface area contributed by atoms with Gasteiger partial charge in [0.25, 0.3) is 0 Å². The predicted octanol–water partition coefficient (Wildman–Crippen LogP) is 5.69. The molecular formula is C22H40N2O. The lowest BCUT2D eigenvalue weighted by molar-refractivity contribution is -0.00815. The molecule has 144 valence electrons. The van der Waals surface area contributed by atoms with Crippen molar-refractivity contribution in [3.63, 3.8) is 0 Å². The third-order valence-corrected chi connectivity index (χ3v) is 6.22. The Labute approximate surface area is 156 Å². The van der Waals surface area contributed by atoms with Crippen molar-refractivity contribution in [2.75, 3.05) is 19.7 Å². The highest BCUT2D eigenvalue weighted by Crippen LogP contribution is 2.29. The average molecular weight is 349 g/mol. The molecule has 0 aromatic heterocycles. The SMILES string of the molecule is CCCCCCCCCCOC1CCN([C@H]2CC[C@H](C#N)CC2)CC1. The van der Waals surface area contributed by atoms with Gasteiger partial charge in [0.2, 0.25) is 0 Å². The fraction of sp³-hybridized carbons (Fsp3) is 0.955. The van der Waals surface area contributed by atoms with E-state index in [1.165, 1.54) is 90.1 Å². The maximum atomic E-state index is 9.03. The first kappa shape index (κ1) is 20.7. The van der Waals surface area contributed by atoms with E-state index >= 15 is 0 Å². The Hall–Kier alpha value is -0.590. The molecule has 3 heteroatoms. The Morgan fingerprint density at radius 3 is 2.04 bits per heavy atom. The van der Waals surface area contributed by atoms with Crippen LogP contribution in [0.5, 0.6) is 0 Å². The van der Waals surface area contributed by atoms with Crippen LogP contribution in [0.3, 0.4) is 0 Å². The van der Waals surface area contributed by atoms with E-state index in [-0.39, 0.29) is 0 Å². The van der Waals surface area contributed by atoms with E-state index in [0.29, 0.717) is 12.0 Å². The Kier molecular flexibility index (Phi) is 10.5. The van der Waals surface area contributed by atoms with E-state index in [0.717, 1.165) is 25.5 Å². The molecular weight excluding hydrogens is 308 g/mol. The van der Waals surface area contributed by atoms with Crippen molar-refractivity contribution in [1.82, 2.24) is 4.90 Å². The van der Waals surface area contributed by atoms with E-state index in [2.05, 4.69) is 17.9 Å². The van der Waals surface area contributed by atoms with Crippen LogP contribution in [0.4, 0.5) is 0 Å². The predicted molar refractivity (Wildman–Crippen MR) is 105 cm³/mol. The van der Waals surface area contributed by atoms with Crippen molar-refractivity contribution in [1.29, 1.82) is 5.26 Å². The minimum Gasteiger partial charge on any atom is -0.378 e. The van der Waals surface area contributed by atoms with Crippen molar-refractivity contribution >= 4 is 0 Å². The largest absolute Gasteiger partial charge is 0.378 e. The second-order valence-electron chi connectivity index (χ2n) is 8.22. The van der Waals surface area contributed by atoms with Gasteiger partial charge in [-0.25, -0.2) is 0 Å². The number of nitriles is 1. The summed E-state index contributed by atoms with van der Waals surface area (Å²) in [5.74, 6) is 0.323. The molecule has 3 nitrogen and oxygen atoms in total. The normalized spacial score (nSPS) is 25.8. The summed E-state index contributed by atoms with van der Waals surface area (Å²) in [5.41, 5.74) is 0. The van der Waals surface area contributed by atoms with E-state index in [9.17, 15) is 0 Å². The van der Waals surface area contributed by atoms with Crippen molar-refractivity contribution in [3.05, 3.63) is 0 Å². The summed E-state index contributed by atoms with van der Waals surface area (Å²) >= 11 is 0. The van der Waals surface area contributed by atoms with Crippen LogP contribution >= 0.6 is 0 Å². The lowest BCUT2D eigenvalue weighted by Gasteiger charge is -2.39. The summed E-state index contributed by atoms with van der Waals surface area (Å²) in [6, 6.07) is 3.18. The van der Waals surface area contributed by atoms with Gasteiger partial charge in [-0.15, -0.1) is 0 Å². The Balaban J connectivity index is 1.44. The van der Waals surface area contributed by atoms with Gasteiger partial charge in [0.15, 0.2) is 0 Å². The number of piperidine rings is 1. The maximum Gasteiger partial charge on any atom is 0.0655 e. The van der Waals surface area contributed by atoms with Gasteiger partial charge in [0, 0.05) is 31.7 Å². The zero-order valence-electron chi connectivity index (χ0n) is 16.6. The molecule has 0 atom stereocenters. The van der Waals surface area contributed by atoms with Gasteiger partial charge in [0.05, 0.1) is 12.2 Å². The topological polar surface area (TPSA) is 36.3 Å². The van der Waals surface area contributed by atoms with E-state index in [1.54, 1.807) is 0 Å². The first-order valence-electron chi connectivity index (χ1n) is 11.1. The molecule has 1 aliphatic carbocycles. The lowest BCUT2D eigenvalue weighted by Crippen LogP contribution is -2.44. The molecule has 2 rings (SSSR count). The van der Waals surface area contributed by atoms with E-state index in [4.69, 9.17) is 10.00 Å². The van der Waals surface area contributed by atoms with Gasteiger partial charge >= 0.3 is 0 Å². The number of unbranched alkanes of at least 4 members (excludes halogenated alkanes) is 7. The Morgan fingerprint density at radius 1 is 0.840 bits per heavy atom. The van der Waals surface area contributed by atoms with Crippen molar-refractivity contribution < 1.29 is 4.74 Å². The van der Waals surface area contributed by atoms with Crippen LogP contribution in [0, 0.1) is 17.2 Å². The minimum atomic E-state index is 0.323. The van der Waals surface area contributed by atoms with Gasteiger partial charge in [-0.1, -0.05) is 51.9 Å². The van der Waals surface area contributed by atoms with Gasteiger partial charge in [-0.05, 0) is 44.9 Å². The lowest BCUT2D eigenvalue weighted by atomic mass is 9.85. The zero-order chi connectivity index (χ0) is 17.7. The van der Waals surface area contributed by atoms with Crippen molar-refractivity contribution in [2.24, 2.45) is 5.92 Å². The third-order valence-electron chi connectivity index (χ3n) is 6.22. The number of hydrogen-bond acceptors (Lipinski definition) is 3. The van der Waals surface area contributed by atoms with Crippen LogP contribution in [0.1, 0.15) is 96.8 Å². The van der Waals surface area contributed by atoms with Crippen molar-refractivity contribution in [2.45, 2.75) is 109 Å². The molecule has 1 aliphatic heterocycles. The number of likely N-dealkylation sites (tertiary alicyclic amines) is 1. The van der Waals surface area contributed by atoms with E-state index < -0.39 is 0 Å². The molecule has 25 heavy (non-hydrogen) atoms. The molecule has 0 radical (unpaired) electrons. The highest BCUT2D eigenvalue weighted by atomic mass is 16.5. The summed E-state index contributed by atoms with van der Waals surface area (Å²) in [5, 5.41) is 9.03. The van der Waals surface area contributed by atoms with Gasteiger partial charge in [-0.3, -0.25) is 0 Å². The molecule has 1 saturated heterocycles. The minimum absolute atomic E-state index is 0.323. The first-order valence-corrected chi connectivity index (χ1v) is 11.1. The first-order chi connectivity index (χ1) is 12.3. The number of ether oxygens (including phenoxy) is 1. The van der Waals surface area contributed by atoms with Crippen LogP contribution in [0.2, 0.25) is 0 Å². The molecule has 2 fully saturated rings. The molecule has 0 amide bonds. The second kappa shape index (κ2) is 12.7. The fourth-order valence-electron chi connectivity index (χ4n) is 4.46. The van der Waals surface area contributed by atoms with Crippen LogP contribution in [-0.2, 0) is 4.74 Å². The average Bonchev–Trinajstić information content (AvgIpc) is 2.67. The standard InChI is InChI=1S/C22H40N2O/c1-2-3-4-5-6-7-8-9-18-25-22-14-16-24(17-15-22)21-12-10-20(19-23)11-13-21/h20-22H,2-18H2,1H3/t20-,21-.